The molecule has 6 nitrogen and oxygen atoms in total. The van der Waals surface area contributed by atoms with Gasteiger partial charge in [0, 0.05) is 11.6 Å². The molecular formula is C16H21ClF2N4O2. The number of rotatable bonds is 5. The number of amides is 1. The molecule has 1 amide bonds. The maximum atomic E-state index is 13.1. The quantitative estimate of drug-likeness (QED) is 0.749. The number of alkyl halides is 2. The molecule has 2 aromatic rings. The second-order valence-corrected chi connectivity index (χ2v) is 6.21. The molecule has 1 heterocycles. The first-order valence-electron chi connectivity index (χ1n) is 8.02. The number of benzene rings is 1. The monoisotopic (exact) mass is 374 g/mol. The number of hydrogen-bond donors (Lipinski definition) is 3. The van der Waals surface area contributed by atoms with Gasteiger partial charge in [0.25, 0.3) is 11.8 Å². The van der Waals surface area contributed by atoms with Gasteiger partial charge in [0.05, 0.1) is 24.1 Å². The first kappa shape index (κ1) is 19.4. The molecule has 0 aliphatic heterocycles. The van der Waals surface area contributed by atoms with E-state index >= 15 is 0 Å². The molecule has 1 aliphatic rings. The van der Waals surface area contributed by atoms with Crippen molar-refractivity contribution < 1.29 is 13.6 Å². The van der Waals surface area contributed by atoms with Gasteiger partial charge in [-0.05, 0) is 31.0 Å². The SMILES string of the molecule is Cl.NCC(F)(F)CNC(=O)c1ccc2c(c1)[nH]c(=O)n2C1CCCC1. The third-order valence-electron chi connectivity index (χ3n) is 4.47. The van der Waals surface area contributed by atoms with Crippen LogP contribution in [0.5, 0.6) is 0 Å². The van der Waals surface area contributed by atoms with Gasteiger partial charge in [-0.1, -0.05) is 12.8 Å². The number of imidazole rings is 1. The van der Waals surface area contributed by atoms with E-state index in [2.05, 4.69) is 10.3 Å². The molecule has 1 aromatic heterocycles. The number of carbonyl (C=O) groups excluding carboxylic acids is 1. The van der Waals surface area contributed by atoms with Gasteiger partial charge in [0.15, 0.2) is 0 Å². The number of nitrogens with one attached hydrogen (secondary N) is 2. The van der Waals surface area contributed by atoms with E-state index in [9.17, 15) is 18.4 Å². The zero-order chi connectivity index (χ0) is 17.3. The van der Waals surface area contributed by atoms with Crippen LogP contribution >= 0.6 is 12.4 Å². The summed E-state index contributed by atoms with van der Waals surface area (Å²) in [6.07, 6.45) is 4.12. The molecule has 0 atom stereocenters. The van der Waals surface area contributed by atoms with E-state index in [0.717, 1.165) is 31.2 Å². The largest absolute Gasteiger partial charge is 0.346 e. The second-order valence-electron chi connectivity index (χ2n) is 6.21. The molecular weight excluding hydrogens is 354 g/mol. The van der Waals surface area contributed by atoms with E-state index in [1.807, 2.05) is 0 Å². The predicted octanol–water partition coefficient (Wildman–Crippen LogP) is 2.19. The van der Waals surface area contributed by atoms with Gasteiger partial charge >= 0.3 is 5.69 Å². The fraction of sp³-hybridized carbons (Fsp3) is 0.500. The van der Waals surface area contributed by atoms with Crippen molar-refractivity contribution in [3.8, 4) is 0 Å². The van der Waals surface area contributed by atoms with Gasteiger partial charge < -0.3 is 16.0 Å². The molecule has 1 fully saturated rings. The van der Waals surface area contributed by atoms with Crippen LogP contribution in [0.3, 0.4) is 0 Å². The van der Waals surface area contributed by atoms with Crippen molar-refractivity contribution in [1.82, 2.24) is 14.9 Å². The highest BCUT2D eigenvalue weighted by Crippen LogP contribution is 2.30. The van der Waals surface area contributed by atoms with Crippen LogP contribution in [0.25, 0.3) is 11.0 Å². The minimum atomic E-state index is -3.14. The fourth-order valence-electron chi connectivity index (χ4n) is 3.18. The Balaban J connectivity index is 0.00000225. The Kier molecular flexibility index (Phi) is 5.84. The van der Waals surface area contributed by atoms with Gasteiger partial charge in [0.2, 0.25) is 0 Å². The van der Waals surface area contributed by atoms with Crippen LogP contribution in [0, 0.1) is 0 Å². The lowest BCUT2D eigenvalue weighted by molar-refractivity contribution is 0.0118. The minimum absolute atomic E-state index is 0. The van der Waals surface area contributed by atoms with E-state index in [0.29, 0.717) is 5.52 Å². The highest BCUT2D eigenvalue weighted by atomic mass is 35.5. The summed E-state index contributed by atoms with van der Waals surface area (Å²) in [4.78, 5) is 27.0. The average Bonchev–Trinajstić information content (AvgIpc) is 3.18. The van der Waals surface area contributed by atoms with Gasteiger partial charge in [0.1, 0.15) is 0 Å². The highest BCUT2D eigenvalue weighted by Gasteiger charge is 2.27. The topological polar surface area (TPSA) is 92.9 Å². The van der Waals surface area contributed by atoms with Crippen molar-refractivity contribution in [3.63, 3.8) is 0 Å². The van der Waals surface area contributed by atoms with Crippen LogP contribution in [0.1, 0.15) is 42.1 Å². The Labute approximate surface area is 149 Å². The minimum Gasteiger partial charge on any atom is -0.346 e. The van der Waals surface area contributed by atoms with Crippen LogP contribution in [-0.4, -0.2) is 34.5 Å². The summed E-state index contributed by atoms with van der Waals surface area (Å²) in [5.74, 6) is -3.76. The normalized spacial score (nSPS) is 15.3. The molecule has 138 valence electrons. The summed E-state index contributed by atoms with van der Waals surface area (Å²) in [7, 11) is 0. The van der Waals surface area contributed by atoms with Gasteiger partial charge in [-0.3, -0.25) is 9.36 Å². The number of nitrogens with zero attached hydrogens (tertiary/aromatic N) is 1. The van der Waals surface area contributed by atoms with Crippen molar-refractivity contribution in [2.45, 2.75) is 37.6 Å². The summed E-state index contributed by atoms with van der Waals surface area (Å²) in [5, 5.41) is 2.16. The second kappa shape index (κ2) is 7.53. The average molecular weight is 375 g/mol. The lowest BCUT2D eigenvalue weighted by Gasteiger charge is -2.14. The van der Waals surface area contributed by atoms with E-state index in [1.54, 1.807) is 10.6 Å². The first-order chi connectivity index (χ1) is 11.4. The molecule has 3 rings (SSSR count). The van der Waals surface area contributed by atoms with Gasteiger partial charge in [-0.25, -0.2) is 13.6 Å². The Morgan fingerprint density at radius 3 is 2.68 bits per heavy atom. The number of hydrogen-bond acceptors (Lipinski definition) is 3. The lowest BCUT2D eigenvalue weighted by atomic mass is 10.1. The number of halogens is 3. The van der Waals surface area contributed by atoms with E-state index in [-0.39, 0.29) is 29.7 Å². The Morgan fingerprint density at radius 1 is 1.36 bits per heavy atom. The third-order valence-corrected chi connectivity index (χ3v) is 4.47. The van der Waals surface area contributed by atoms with Gasteiger partial charge in [-0.15, -0.1) is 12.4 Å². The van der Waals surface area contributed by atoms with E-state index < -0.39 is 24.9 Å². The lowest BCUT2D eigenvalue weighted by Crippen LogP contribution is -2.41. The Bertz CT molecular complexity index is 812. The summed E-state index contributed by atoms with van der Waals surface area (Å²) < 4.78 is 28.0. The molecule has 0 radical (unpaired) electrons. The summed E-state index contributed by atoms with van der Waals surface area (Å²) in [6, 6.07) is 4.91. The van der Waals surface area contributed by atoms with Crippen LogP contribution in [0.2, 0.25) is 0 Å². The van der Waals surface area contributed by atoms with Crippen LogP contribution < -0.4 is 16.7 Å². The predicted molar refractivity (Wildman–Crippen MR) is 93.6 cm³/mol. The Hall–Kier alpha value is -1.93. The molecule has 0 bridgehead atoms. The number of carbonyl (C=O) groups is 1. The molecule has 1 aromatic carbocycles. The van der Waals surface area contributed by atoms with Crippen molar-refractivity contribution in [2.24, 2.45) is 5.73 Å². The third kappa shape index (κ3) is 4.01. The molecule has 9 heteroatoms. The standard InChI is InChI=1S/C16H20F2N4O2.ClH/c17-16(18,8-19)9-20-14(23)10-5-6-13-12(7-10)21-15(24)22(13)11-3-1-2-4-11;/h5-7,11H,1-4,8-9,19H2,(H,20,23)(H,21,24);1H. The van der Waals surface area contributed by atoms with Crippen LogP contribution in [0.15, 0.2) is 23.0 Å². The number of nitrogens with two attached hydrogens (primary N) is 1. The summed E-state index contributed by atoms with van der Waals surface area (Å²) >= 11 is 0. The van der Waals surface area contributed by atoms with Crippen molar-refractivity contribution in [2.75, 3.05) is 13.1 Å². The van der Waals surface area contributed by atoms with Gasteiger partial charge in [-0.2, -0.15) is 0 Å². The highest BCUT2D eigenvalue weighted by molar-refractivity contribution is 5.97. The van der Waals surface area contributed by atoms with E-state index in [1.165, 1.54) is 12.1 Å². The zero-order valence-electron chi connectivity index (χ0n) is 13.6. The smallest absolute Gasteiger partial charge is 0.326 e. The number of fused-ring (bicyclic) bond motifs is 1. The van der Waals surface area contributed by atoms with Crippen molar-refractivity contribution in [3.05, 3.63) is 34.2 Å². The van der Waals surface area contributed by atoms with Crippen LogP contribution in [-0.2, 0) is 0 Å². The Morgan fingerprint density at radius 2 is 2.04 bits per heavy atom. The summed E-state index contributed by atoms with van der Waals surface area (Å²) in [5.41, 5.74) is 6.22. The maximum absolute atomic E-state index is 13.1. The molecule has 1 saturated carbocycles. The number of aromatic nitrogens is 2. The molecule has 0 unspecified atom stereocenters. The zero-order valence-corrected chi connectivity index (χ0v) is 14.4. The fourth-order valence-corrected chi connectivity index (χ4v) is 3.18. The molecule has 25 heavy (non-hydrogen) atoms. The first-order valence-corrected chi connectivity index (χ1v) is 8.02. The molecule has 0 saturated heterocycles. The molecule has 0 spiro atoms. The van der Waals surface area contributed by atoms with Crippen molar-refractivity contribution >= 4 is 29.3 Å². The number of H-pyrrole nitrogens is 1. The number of aromatic amines is 1. The van der Waals surface area contributed by atoms with E-state index in [4.69, 9.17) is 5.73 Å². The molecule has 4 N–H and O–H groups in total. The molecule has 1 aliphatic carbocycles. The van der Waals surface area contributed by atoms with Crippen molar-refractivity contribution in [1.29, 1.82) is 0 Å². The van der Waals surface area contributed by atoms with Crippen LogP contribution in [0.4, 0.5) is 8.78 Å². The summed E-state index contributed by atoms with van der Waals surface area (Å²) in [6.45, 7) is -1.65. The maximum Gasteiger partial charge on any atom is 0.326 e.